The van der Waals surface area contributed by atoms with Gasteiger partial charge < -0.3 is 0 Å². The van der Waals surface area contributed by atoms with Crippen molar-refractivity contribution in [1.29, 1.82) is 0 Å². The number of anilines is 1. The molecule has 0 amide bonds. The van der Waals surface area contributed by atoms with E-state index >= 15 is 0 Å². The zero-order valence-electron chi connectivity index (χ0n) is 7.27. The molecule has 0 radical (unpaired) electrons. The average Bonchev–Trinajstić information content (AvgIpc) is 2.01. The molecule has 0 spiro atoms. The lowest BCUT2D eigenvalue weighted by atomic mass is 10.3. The smallest absolute Gasteiger partial charge is 0.264 e. The van der Waals surface area contributed by atoms with Crippen molar-refractivity contribution in [2.75, 3.05) is 5.43 Å². The molecule has 1 aromatic carbocycles. The number of rotatable bonds is 2. The number of para-hydroxylation sites is 1. The van der Waals surface area contributed by atoms with E-state index in [1.807, 2.05) is 5.43 Å². The fraction of sp³-hybridized carbons (Fsp3) is 0. The lowest BCUT2D eigenvalue weighted by molar-refractivity contribution is -0.445. The average molecular weight is 236 g/mol. The van der Waals surface area contributed by atoms with Gasteiger partial charge in [0.2, 0.25) is 0 Å². The van der Waals surface area contributed by atoms with E-state index in [4.69, 9.17) is 17.5 Å². The second-order valence-electron chi connectivity index (χ2n) is 2.18. The Morgan fingerprint density at radius 2 is 1.60 bits per heavy atom. The molecule has 8 nitrogen and oxygen atoms in total. The molecule has 15 heavy (non-hydrogen) atoms. The van der Waals surface area contributed by atoms with Crippen molar-refractivity contribution < 1.29 is 22.6 Å². The Bertz CT molecular complexity index is 395. The Morgan fingerprint density at radius 3 is 1.93 bits per heavy atom. The number of hydrogen-bond acceptors (Lipinski definition) is 4. The number of hydrogen-bond donors (Lipinski definition) is 3. The molecule has 84 valence electrons. The monoisotopic (exact) mass is 236 g/mol. The van der Waals surface area contributed by atoms with Gasteiger partial charge in [-0.25, -0.2) is 10.1 Å². The lowest BCUT2D eigenvalue weighted by Gasteiger charge is -1.93. The molecule has 9 heteroatoms. The van der Waals surface area contributed by atoms with Gasteiger partial charge >= 0.3 is 10.4 Å². The second kappa shape index (κ2) is 5.90. The summed E-state index contributed by atoms with van der Waals surface area (Å²) >= 11 is 0. The maximum Gasteiger partial charge on any atom is 0.394 e. The van der Waals surface area contributed by atoms with E-state index in [2.05, 4.69) is 0 Å². The van der Waals surface area contributed by atoms with Gasteiger partial charge in [-0.1, -0.05) is 18.2 Å². The maximum absolute atomic E-state index is 9.86. The highest BCUT2D eigenvalue weighted by Crippen LogP contribution is 2.03. The highest BCUT2D eigenvalue weighted by molar-refractivity contribution is 7.79. The highest BCUT2D eigenvalue weighted by atomic mass is 32.3. The molecular weight excluding hydrogens is 228 g/mol. The third-order valence-electron chi connectivity index (χ3n) is 0.994. The molecular formula is C6H8N2O6S. The van der Waals surface area contributed by atoms with E-state index in [0.717, 1.165) is 0 Å². The standard InChI is InChI=1S/C6H6N2O2.H2O4S/c9-8(10)7-6-4-2-1-3-5-6;1-5(2,3)4/h1-5,7H;(H2,1,2,3,4). The first kappa shape index (κ1) is 13.3. The van der Waals surface area contributed by atoms with Gasteiger partial charge in [0.25, 0.3) is 0 Å². The van der Waals surface area contributed by atoms with Crippen LogP contribution < -0.4 is 5.43 Å². The lowest BCUT2D eigenvalue weighted by Crippen LogP contribution is -2.06. The van der Waals surface area contributed by atoms with E-state index in [1.165, 1.54) is 0 Å². The van der Waals surface area contributed by atoms with Crippen LogP contribution in [-0.2, 0) is 10.4 Å². The number of benzene rings is 1. The Kier molecular flexibility index (Phi) is 5.23. The zero-order chi connectivity index (χ0) is 11.9. The number of nitro groups is 1. The molecule has 0 heterocycles. The van der Waals surface area contributed by atoms with Crippen molar-refractivity contribution in [3.8, 4) is 0 Å². The molecule has 1 aromatic rings. The molecule has 0 atom stereocenters. The Hall–Kier alpha value is -1.71. The Morgan fingerprint density at radius 1 is 1.20 bits per heavy atom. The minimum Gasteiger partial charge on any atom is -0.264 e. The van der Waals surface area contributed by atoms with Gasteiger partial charge in [-0.2, -0.15) is 8.42 Å². The minimum atomic E-state index is -4.67. The summed E-state index contributed by atoms with van der Waals surface area (Å²) in [6.07, 6.45) is 0. The fourth-order valence-corrected chi connectivity index (χ4v) is 0.618. The molecule has 3 N–H and O–H groups in total. The summed E-state index contributed by atoms with van der Waals surface area (Å²) in [4.78, 5) is 9.86. The van der Waals surface area contributed by atoms with Gasteiger partial charge in [0.15, 0.2) is 5.03 Å². The van der Waals surface area contributed by atoms with Crippen LogP contribution in [0.4, 0.5) is 5.69 Å². The van der Waals surface area contributed by atoms with Crippen molar-refractivity contribution in [2.24, 2.45) is 0 Å². The second-order valence-corrected chi connectivity index (χ2v) is 3.08. The molecule has 0 aromatic heterocycles. The van der Waals surface area contributed by atoms with Crippen LogP contribution in [0.1, 0.15) is 0 Å². The number of nitrogens with zero attached hydrogens (tertiary/aromatic N) is 1. The third kappa shape index (κ3) is 12.3. The van der Waals surface area contributed by atoms with Gasteiger partial charge in [-0.3, -0.25) is 9.11 Å². The van der Waals surface area contributed by atoms with Gasteiger partial charge in [0.05, 0.1) is 0 Å². The summed E-state index contributed by atoms with van der Waals surface area (Å²) in [5, 5.41) is 9.28. The highest BCUT2D eigenvalue weighted by Gasteiger charge is 1.93. The Labute approximate surface area is 85.2 Å². The van der Waals surface area contributed by atoms with Crippen molar-refractivity contribution in [3.05, 3.63) is 40.4 Å². The van der Waals surface area contributed by atoms with E-state index in [1.54, 1.807) is 30.3 Å². The molecule has 0 saturated heterocycles. The van der Waals surface area contributed by atoms with Gasteiger partial charge in [0, 0.05) is 0 Å². The van der Waals surface area contributed by atoms with Crippen molar-refractivity contribution in [3.63, 3.8) is 0 Å². The van der Waals surface area contributed by atoms with Crippen LogP contribution in [0, 0.1) is 10.1 Å². The predicted octanol–water partition coefficient (Wildman–Crippen LogP) is 0.637. The summed E-state index contributed by atoms with van der Waals surface area (Å²) in [6.45, 7) is 0. The molecule has 0 aliphatic carbocycles. The molecule has 0 aliphatic rings. The van der Waals surface area contributed by atoms with E-state index in [9.17, 15) is 10.1 Å². The van der Waals surface area contributed by atoms with Gasteiger partial charge in [-0.05, 0) is 12.1 Å². The number of nitrogens with one attached hydrogen (secondary N) is 1. The summed E-state index contributed by atoms with van der Waals surface area (Å²) in [6, 6.07) is 8.51. The summed E-state index contributed by atoms with van der Waals surface area (Å²) in [5.74, 6) is 0. The first-order chi connectivity index (χ1) is 6.79. The molecule has 0 unspecified atom stereocenters. The topological polar surface area (TPSA) is 130 Å². The largest absolute Gasteiger partial charge is 0.394 e. The Balaban J connectivity index is 0.000000336. The first-order valence-corrected chi connectivity index (χ1v) is 4.84. The van der Waals surface area contributed by atoms with Crippen LogP contribution in [0.3, 0.4) is 0 Å². The van der Waals surface area contributed by atoms with Crippen molar-refractivity contribution in [2.45, 2.75) is 0 Å². The van der Waals surface area contributed by atoms with E-state index in [0.29, 0.717) is 5.69 Å². The maximum atomic E-state index is 9.86. The molecule has 0 fully saturated rings. The van der Waals surface area contributed by atoms with Crippen molar-refractivity contribution >= 4 is 16.1 Å². The molecule has 0 saturated carbocycles. The fourth-order valence-electron chi connectivity index (χ4n) is 0.618. The normalized spacial score (nSPS) is 9.73. The van der Waals surface area contributed by atoms with Crippen LogP contribution in [0.2, 0.25) is 0 Å². The predicted molar refractivity (Wildman–Crippen MR) is 51.2 cm³/mol. The summed E-state index contributed by atoms with van der Waals surface area (Å²) in [5.41, 5.74) is 2.52. The minimum absolute atomic E-state index is 0.493. The van der Waals surface area contributed by atoms with E-state index < -0.39 is 15.4 Å². The summed E-state index contributed by atoms with van der Waals surface area (Å²) < 4.78 is 31.6. The van der Waals surface area contributed by atoms with Crippen LogP contribution in [-0.4, -0.2) is 22.6 Å². The van der Waals surface area contributed by atoms with Crippen LogP contribution in [0.5, 0.6) is 0 Å². The quantitative estimate of drug-likeness (QED) is 0.390. The van der Waals surface area contributed by atoms with Gasteiger partial charge in [0.1, 0.15) is 5.69 Å². The van der Waals surface area contributed by atoms with Crippen LogP contribution in [0.25, 0.3) is 0 Å². The molecule has 1 rings (SSSR count). The molecule has 0 aliphatic heterocycles. The van der Waals surface area contributed by atoms with Gasteiger partial charge in [-0.15, -0.1) is 5.43 Å². The van der Waals surface area contributed by atoms with Crippen LogP contribution in [0.15, 0.2) is 30.3 Å². The number of hydrazine groups is 1. The van der Waals surface area contributed by atoms with Crippen molar-refractivity contribution in [1.82, 2.24) is 0 Å². The zero-order valence-corrected chi connectivity index (χ0v) is 8.09. The summed E-state index contributed by atoms with van der Waals surface area (Å²) in [7, 11) is -4.67. The van der Waals surface area contributed by atoms with E-state index in [-0.39, 0.29) is 0 Å². The van der Waals surface area contributed by atoms with Crippen LogP contribution >= 0.6 is 0 Å². The first-order valence-electron chi connectivity index (χ1n) is 3.45. The molecule has 0 bridgehead atoms. The third-order valence-corrected chi connectivity index (χ3v) is 0.994. The SMILES string of the molecule is O=S(=O)(O)O.O=[N+]([O-])Nc1ccccc1.